The van der Waals surface area contributed by atoms with E-state index in [1.54, 1.807) is 24.3 Å². The zero-order valence-corrected chi connectivity index (χ0v) is 14.7. The SMILES string of the molecule is [2H]C([2H])([2H])c1cc(Cc2c(C)cc(-n3nc(C#N)c(=O)[nH]c3=O)cc2C)ccc1O. The van der Waals surface area contributed by atoms with Gasteiger partial charge in [-0.15, -0.1) is 5.10 Å². The molecule has 0 fully saturated rings. The van der Waals surface area contributed by atoms with Gasteiger partial charge in [0.1, 0.15) is 11.8 Å². The Bertz CT molecular complexity index is 1280. The van der Waals surface area contributed by atoms with Crippen LogP contribution in [0, 0.1) is 32.0 Å². The number of rotatable bonds is 3. The van der Waals surface area contributed by atoms with Gasteiger partial charge in [0.15, 0.2) is 0 Å². The van der Waals surface area contributed by atoms with Gasteiger partial charge in [-0.25, -0.2) is 4.79 Å². The van der Waals surface area contributed by atoms with Crippen molar-refractivity contribution in [1.82, 2.24) is 14.8 Å². The van der Waals surface area contributed by atoms with Crippen molar-refractivity contribution >= 4 is 0 Å². The Balaban J connectivity index is 2.05. The lowest BCUT2D eigenvalue weighted by atomic mass is 9.94. The minimum Gasteiger partial charge on any atom is -0.508 e. The van der Waals surface area contributed by atoms with Crippen LogP contribution in [0.25, 0.3) is 5.69 Å². The highest BCUT2D eigenvalue weighted by atomic mass is 16.3. The van der Waals surface area contributed by atoms with E-state index in [-0.39, 0.29) is 11.3 Å². The van der Waals surface area contributed by atoms with E-state index < -0.39 is 23.8 Å². The first kappa shape index (κ1) is 14.5. The van der Waals surface area contributed by atoms with Gasteiger partial charge in [0.05, 0.1) is 5.69 Å². The third-order valence-electron chi connectivity index (χ3n) is 4.30. The number of phenols is 1. The molecule has 1 aromatic heterocycles. The molecule has 27 heavy (non-hydrogen) atoms. The van der Waals surface area contributed by atoms with Gasteiger partial charge in [0.2, 0.25) is 5.69 Å². The maximum Gasteiger partial charge on any atom is 0.349 e. The number of hydrogen-bond donors (Lipinski definition) is 2. The first-order chi connectivity index (χ1) is 14.0. The molecule has 0 aliphatic carbocycles. The molecule has 0 bridgehead atoms. The molecular formula is C20H18N4O3. The quantitative estimate of drug-likeness (QED) is 0.737. The van der Waals surface area contributed by atoms with Crippen LogP contribution in [0.3, 0.4) is 0 Å². The second kappa shape index (κ2) is 6.92. The molecule has 0 saturated heterocycles. The number of phenolic OH excluding ortho intramolecular Hbond substituents is 1. The number of hydrogen-bond acceptors (Lipinski definition) is 5. The van der Waals surface area contributed by atoms with Crippen molar-refractivity contribution in [1.29, 1.82) is 5.26 Å². The number of aromatic nitrogens is 3. The molecule has 136 valence electrons. The van der Waals surface area contributed by atoms with Crippen LogP contribution >= 0.6 is 0 Å². The summed E-state index contributed by atoms with van der Waals surface area (Å²) in [5, 5.41) is 22.7. The third kappa shape index (κ3) is 3.51. The fraction of sp³-hybridized carbons (Fsp3) is 0.200. The lowest BCUT2D eigenvalue weighted by molar-refractivity contribution is 0.471. The largest absolute Gasteiger partial charge is 0.508 e. The third-order valence-corrected chi connectivity index (χ3v) is 4.30. The van der Waals surface area contributed by atoms with Crippen LogP contribution in [0.4, 0.5) is 0 Å². The van der Waals surface area contributed by atoms with E-state index in [9.17, 15) is 14.7 Å². The second-order valence-corrected chi connectivity index (χ2v) is 6.22. The maximum absolute atomic E-state index is 12.1. The molecule has 0 spiro atoms. The molecule has 7 heteroatoms. The van der Waals surface area contributed by atoms with E-state index in [1.807, 2.05) is 13.8 Å². The molecular weight excluding hydrogens is 344 g/mol. The van der Waals surface area contributed by atoms with Crippen molar-refractivity contribution in [3.8, 4) is 17.5 Å². The van der Waals surface area contributed by atoms with E-state index in [0.29, 0.717) is 17.7 Å². The van der Waals surface area contributed by atoms with Gasteiger partial charge < -0.3 is 5.11 Å². The Morgan fingerprint density at radius 1 is 1.22 bits per heavy atom. The molecule has 2 aromatic carbocycles. The summed E-state index contributed by atoms with van der Waals surface area (Å²) >= 11 is 0. The zero-order chi connectivity index (χ0) is 22.2. The Morgan fingerprint density at radius 2 is 1.93 bits per heavy atom. The highest BCUT2D eigenvalue weighted by Gasteiger charge is 2.12. The van der Waals surface area contributed by atoms with Crippen LogP contribution in [0.2, 0.25) is 0 Å². The maximum atomic E-state index is 12.1. The van der Waals surface area contributed by atoms with Crippen LogP contribution in [-0.4, -0.2) is 19.9 Å². The van der Waals surface area contributed by atoms with Gasteiger partial charge >= 0.3 is 5.69 Å². The van der Waals surface area contributed by atoms with Crippen molar-refractivity contribution < 1.29 is 9.22 Å². The number of aromatic amines is 1. The molecule has 0 aliphatic heterocycles. The van der Waals surface area contributed by atoms with Crippen molar-refractivity contribution in [3.63, 3.8) is 0 Å². The van der Waals surface area contributed by atoms with Crippen LogP contribution < -0.4 is 11.2 Å². The van der Waals surface area contributed by atoms with Crippen molar-refractivity contribution in [3.05, 3.63) is 84.7 Å². The normalized spacial score (nSPS) is 12.7. The summed E-state index contributed by atoms with van der Waals surface area (Å²) in [6.07, 6.45) is 0.415. The molecule has 0 unspecified atom stereocenters. The molecule has 0 aliphatic rings. The van der Waals surface area contributed by atoms with E-state index in [2.05, 4.69) is 10.1 Å². The van der Waals surface area contributed by atoms with E-state index in [4.69, 9.17) is 9.37 Å². The lowest BCUT2D eigenvalue weighted by Gasteiger charge is -2.14. The number of aromatic hydroxyl groups is 1. The number of H-pyrrole nitrogens is 1. The van der Waals surface area contributed by atoms with Crippen LogP contribution in [0.15, 0.2) is 39.9 Å². The summed E-state index contributed by atoms with van der Waals surface area (Å²) in [5.74, 6) is -0.278. The smallest absolute Gasteiger partial charge is 0.349 e. The van der Waals surface area contributed by atoms with Crippen molar-refractivity contribution in [2.75, 3.05) is 0 Å². The van der Waals surface area contributed by atoms with E-state index >= 15 is 0 Å². The summed E-state index contributed by atoms with van der Waals surface area (Å²) in [7, 11) is 0. The molecule has 2 N–H and O–H groups in total. The monoisotopic (exact) mass is 365 g/mol. The van der Waals surface area contributed by atoms with Crippen LogP contribution in [0.1, 0.15) is 37.6 Å². The molecule has 0 amide bonds. The minimum absolute atomic E-state index is 0.111. The first-order valence-electron chi connectivity index (χ1n) is 9.58. The number of aryl methyl sites for hydroxylation is 3. The average Bonchev–Trinajstić information content (AvgIpc) is 2.65. The molecule has 3 aromatic rings. The summed E-state index contributed by atoms with van der Waals surface area (Å²) in [6, 6.07) is 9.52. The fourth-order valence-electron chi connectivity index (χ4n) is 2.92. The number of nitrogens with one attached hydrogen (secondary N) is 1. The summed E-state index contributed by atoms with van der Waals surface area (Å²) in [6.45, 7) is 1.24. The van der Waals surface area contributed by atoms with Gasteiger partial charge in [-0.2, -0.15) is 9.94 Å². The van der Waals surface area contributed by atoms with E-state index in [0.717, 1.165) is 21.4 Å². The van der Waals surface area contributed by atoms with Crippen LogP contribution in [0.5, 0.6) is 5.75 Å². The van der Waals surface area contributed by atoms with Gasteiger partial charge in [-0.1, -0.05) is 12.1 Å². The molecule has 0 saturated carbocycles. The Hall–Kier alpha value is -3.66. The topological polar surface area (TPSA) is 112 Å². The van der Waals surface area contributed by atoms with Crippen molar-refractivity contribution in [2.45, 2.75) is 27.1 Å². The summed E-state index contributed by atoms with van der Waals surface area (Å²) < 4.78 is 23.6. The summed E-state index contributed by atoms with van der Waals surface area (Å²) in [4.78, 5) is 25.8. The Morgan fingerprint density at radius 3 is 2.56 bits per heavy atom. The second-order valence-electron chi connectivity index (χ2n) is 6.22. The number of nitriles is 1. The first-order valence-corrected chi connectivity index (χ1v) is 8.08. The average molecular weight is 365 g/mol. The van der Waals surface area contributed by atoms with Gasteiger partial charge in [-0.3, -0.25) is 9.78 Å². The van der Waals surface area contributed by atoms with Crippen molar-refractivity contribution in [2.24, 2.45) is 0 Å². The predicted molar refractivity (Wildman–Crippen MR) is 100 cm³/mol. The van der Waals surface area contributed by atoms with Gasteiger partial charge in [0, 0.05) is 4.11 Å². The molecule has 0 atom stereocenters. The van der Waals surface area contributed by atoms with Gasteiger partial charge in [0.25, 0.3) is 5.56 Å². The fourth-order valence-corrected chi connectivity index (χ4v) is 2.92. The number of nitrogens with zero attached hydrogens (tertiary/aromatic N) is 3. The standard InChI is InChI=1S/C20H18N4O3/c1-11-7-15(24-20(27)22-19(26)17(10-21)23-24)8-12(2)16(11)9-14-4-5-18(25)13(3)6-14/h4-8,25H,9H2,1-3H3,(H,22,26,27)/i3D3. The minimum atomic E-state index is -2.43. The molecule has 7 nitrogen and oxygen atoms in total. The predicted octanol–water partition coefficient (Wildman–Crippen LogP) is 2.01. The summed E-state index contributed by atoms with van der Waals surface area (Å²) in [5.41, 5.74) is 1.50. The van der Waals surface area contributed by atoms with Crippen LogP contribution in [-0.2, 0) is 6.42 Å². The zero-order valence-electron chi connectivity index (χ0n) is 17.7. The Labute approximate surface area is 159 Å². The van der Waals surface area contributed by atoms with Gasteiger partial charge in [-0.05, 0) is 73.1 Å². The highest BCUT2D eigenvalue weighted by molar-refractivity contribution is 5.47. The molecule has 1 heterocycles. The lowest BCUT2D eigenvalue weighted by Crippen LogP contribution is -2.33. The highest BCUT2D eigenvalue weighted by Crippen LogP contribution is 2.24. The molecule has 3 rings (SSSR count). The molecule has 0 radical (unpaired) electrons. The number of benzene rings is 2. The van der Waals surface area contributed by atoms with E-state index in [1.165, 1.54) is 12.1 Å². The Kier molecular flexibility index (Phi) is 3.72.